The van der Waals surface area contributed by atoms with E-state index in [2.05, 4.69) is 17.0 Å². The number of rotatable bonds is 4. The molecule has 0 unspecified atom stereocenters. The molecule has 0 aliphatic carbocycles. The van der Waals surface area contributed by atoms with Crippen LogP contribution in [0.4, 0.5) is 5.69 Å². The number of carbonyl (C=O) groups is 1. The first-order chi connectivity index (χ1) is 11.1. The first-order valence-corrected chi connectivity index (χ1v) is 7.85. The van der Waals surface area contributed by atoms with Crippen LogP contribution in [0, 0.1) is 5.92 Å². The monoisotopic (exact) mass is 310 g/mol. The molecule has 1 heterocycles. The average Bonchev–Trinajstić information content (AvgIpc) is 2.58. The van der Waals surface area contributed by atoms with E-state index in [1.165, 1.54) is 5.56 Å². The zero-order chi connectivity index (χ0) is 16.4. The number of hydrogen-bond donors (Lipinski definition) is 1. The lowest BCUT2D eigenvalue weighted by Crippen LogP contribution is -2.47. The summed E-state index contributed by atoms with van der Waals surface area (Å²) in [4.78, 5) is 16.4. The molecular weight excluding hydrogens is 288 g/mol. The predicted molar refractivity (Wildman–Crippen MR) is 91.1 cm³/mol. The second kappa shape index (κ2) is 6.52. The summed E-state index contributed by atoms with van der Waals surface area (Å²) in [6.45, 7) is 0.578. The minimum atomic E-state index is -0.441. The summed E-state index contributed by atoms with van der Waals surface area (Å²) in [5.74, 6) is -0.472. The van der Waals surface area contributed by atoms with Gasteiger partial charge in [-0.05, 0) is 24.2 Å². The van der Waals surface area contributed by atoms with Crippen molar-refractivity contribution in [1.29, 1.82) is 0 Å². The maximum absolute atomic E-state index is 12.6. The number of aliphatic hydroxyl groups excluding tert-OH is 1. The molecular formula is C19H22N2O2. The van der Waals surface area contributed by atoms with Crippen molar-refractivity contribution in [3.05, 3.63) is 65.7 Å². The van der Waals surface area contributed by atoms with Gasteiger partial charge < -0.3 is 10.0 Å². The number of hydrogen-bond acceptors (Lipinski definition) is 3. The number of benzene rings is 2. The number of fused-ring (bicyclic) bond motifs is 1. The van der Waals surface area contributed by atoms with Crippen LogP contribution in [0.2, 0.25) is 0 Å². The first kappa shape index (κ1) is 15.7. The third-order valence-corrected chi connectivity index (χ3v) is 4.59. The highest BCUT2D eigenvalue weighted by Crippen LogP contribution is 2.40. The highest BCUT2D eigenvalue weighted by molar-refractivity contribution is 5.98. The van der Waals surface area contributed by atoms with Crippen molar-refractivity contribution in [3.63, 3.8) is 0 Å². The fourth-order valence-electron chi connectivity index (χ4n) is 3.45. The lowest BCUT2D eigenvalue weighted by atomic mass is 9.86. The minimum Gasteiger partial charge on any atom is -0.395 e. The smallest absolute Gasteiger partial charge is 0.234 e. The van der Waals surface area contributed by atoms with Crippen LogP contribution in [0.1, 0.15) is 17.2 Å². The Morgan fingerprint density at radius 3 is 2.43 bits per heavy atom. The van der Waals surface area contributed by atoms with Crippen molar-refractivity contribution in [3.8, 4) is 0 Å². The van der Waals surface area contributed by atoms with Crippen LogP contribution in [0.3, 0.4) is 0 Å². The Hall–Kier alpha value is -2.17. The summed E-state index contributed by atoms with van der Waals surface area (Å²) in [5.41, 5.74) is 3.20. The summed E-state index contributed by atoms with van der Waals surface area (Å²) in [6, 6.07) is 18.0. The summed E-state index contributed by atoms with van der Waals surface area (Å²) in [5, 5.41) is 9.82. The van der Waals surface area contributed by atoms with E-state index in [4.69, 9.17) is 0 Å². The molecule has 2 aromatic rings. The van der Waals surface area contributed by atoms with E-state index >= 15 is 0 Å². The topological polar surface area (TPSA) is 43.8 Å². The quantitative estimate of drug-likeness (QED) is 0.943. The van der Waals surface area contributed by atoms with Crippen molar-refractivity contribution in [2.24, 2.45) is 5.92 Å². The number of carbonyl (C=O) groups excluding carboxylic acids is 1. The zero-order valence-electron chi connectivity index (χ0n) is 13.5. The van der Waals surface area contributed by atoms with Gasteiger partial charge in [-0.1, -0.05) is 48.5 Å². The third kappa shape index (κ3) is 2.87. The van der Waals surface area contributed by atoms with Gasteiger partial charge in [-0.25, -0.2) is 0 Å². The van der Waals surface area contributed by atoms with Gasteiger partial charge in [0.05, 0.1) is 18.6 Å². The number of para-hydroxylation sites is 1. The van der Waals surface area contributed by atoms with E-state index in [0.717, 1.165) is 17.8 Å². The Kier molecular flexibility index (Phi) is 4.46. The fourth-order valence-corrected chi connectivity index (χ4v) is 3.45. The van der Waals surface area contributed by atoms with E-state index in [-0.39, 0.29) is 18.6 Å². The third-order valence-electron chi connectivity index (χ3n) is 4.59. The van der Waals surface area contributed by atoms with Gasteiger partial charge >= 0.3 is 0 Å². The van der Waals surface area contributed by atoms with Crippen molar-refractivity contribution in [2.45, 2.75) is 12.6 Å². The average molecular weight is 310 g/mol. The standard InChI is InChI=1S/C19H22N2O2/c1-20(12-14-8-4-3-5-9-14)18-15-10-6-7-11-17(15)21(2)19(23)16(18)13-22/h3-11,16,18,22H,12-13H2,1-2H3/t16-,18+/m0/s1. The highest BCUT2D eigenvalue weighted by atomic mass is 16.3. The number of amides is 1. The van der Waals surface area contributed by atoms with Crippen LogP contribution < -0.4 is 4.90 Å². The second-order valence-corrected chi connectivity index (χ2v) is 6.09. The molecule has 0 spiro atoms. The van der Waals surface area contributed by atoms with Crippen LogP contribution in [0.5, 0.6) is 0 Å². The van der Waals surface area contributed by atoms with Gasteiger partial charge in [-0.2, -0.15) is 0 Å². The molecule has 0 aromatic heterocycles. The Bertz CT molecular complexity index is 687. The van der Waals surface area contributed by atoms with E-state index in [1.54, 1.807) is 11.9 Å². The molecule has 0 fully saturated rings. The van der Waals surface area contributed by atoms with Gasteiger partial charge in [-0.3, -0.25) is 9.69 Å². The molecule has 0 bridgehead atoms. The summed E-state index contributed by atoms with van der Waals surface area (Å²) >= 11 is 0. The van der Waals surface area contributed by atoms with E-state index in [1.807, 2.05) is 49.5 Å². The Morgan fingerprint density at radius 2 is 1.74 bits per heavy atom. The van der Waals surface area contributed by atoms with E-state index < -0.39 is 5.92 Å². The summed E-state index contributed by atoms with van der Waals surface area (Å²) in [7, 11) is 3.78. The molecule has 2 aromatic carbocycles. The molecule has 1 N–H and O–H groups in total. The summed E-state index contributed by atoms with van der Waals surface area (Å²) in [6.07, 6.45) is 0. The van der Waals surface area contributed by atoms with Crippen LogP contribution >= 0.6 is 0 Å². The molecule has 0 radical (unpaired) electrons. The summed E-state index contributed by atoms with van der Waals surface area (Å²) < 4.78 is 0. The van der Waals surface area contributed by atoms with Crippen molar-refractivity contribution in [2.75, 3.05) is 25.6 Å². The number of aliphatic hydroxyl groups is 1. The van der Waals surface area contributed by atoms with Crippen molar-refractivity contribution >= 4 is 11.6 Å². The van der Waals surface area contributed by atoms with Crippen LogP contribution in [-0.2, 0) is 11.3 Å². The first-order valence-electron chi connectivity index (χ1n) is 7.85. The largest absolute Gasteiger partial charge is 0.395 e. The van der Waals surface area contributed by atoms with Gasteiger partial charge in [0.2, 0.25) is 5.91 Å². The predicted octanol–water partition coefficient (Wildman–Crippen LogP) is 2.44. The zero-order valence-corrected chi connectivity index (χ0v) is 13.5. The molecule has 4 nitrogen and oxygen atoms in total. The van der Waals surface area contributed by atoms with Gasteiger partial charge in [0.1, 0.15) is 0 Å². The van der Waals surface area contributed by atoms with E-state index in [0.29, 0.717) is 0 Å². The molecule has 1 amide bonds. The maximum atomic E-state index is 12.6. The lowest BCUT2D eigenvalue weighted by Gasteiger charge is -2.41. The normalized spacial score (nSPS) is 20.7. The van der Waals surface area contributed by atoms with Gasteiger partial charge in [0.15, 0.2) is 0 Å². The highest BCUT2D eigenvalue weighted by Gasteiger charge is 2.40. The molecule has 0 saturated heterocycles. The molecule has 120 valence electrons. The molecule has 1 aliphatic heterocycles. The number of nitrogens with zero attached hydrogens (tertiary/aromatic N) is 2. The molecule has 1 aliphatic rings. The second-order valence-electron chi connectivity index (χ2n) is 6.09. The van der Waals surface area contributed by atoms with Crippen molar-refractivity contribution < 1.29 is 9.90 Å². The van der Waals surface area contributed by atoms with E-state index in [9.17, 15) is 9.90 Å². The Morgan fingerprint density at radius 1 is 1.09 bits per heavy atom. The maximum Gasteiger partial charge on any atom is 0.234 e. The minimum absolute atomic E-state index is 0.0314. The Labute approximate surface area is 137 Å². The number of anilines is 1. The molecule has 0 saturated carbocycles. The molecule has 2 atom stereocenters. The van der Waals surface area contributed by atoms with Crippen LogP contribution in [-0.4, -0.2) is 36.6 Å². The van der Waals surface area contributed by atoms with Gasteiger partial charge in [0, 0.05) is 19.3 Å². The Balaban J connectivity index is 1.97. The van der Waals surface area contributed by atoms with Crippen molar-refractivity contribution in [1.82, 2.24) is 4.90 Å². The van der Waals surface area contributed by atoms with Crippen LogP contribution in [0.25, 0.3) is 0 Å². The van der Waals surface area contributed by atoms with Gasteiger partial charge in [-0.15, -0.1) is 0 Å². The van der Waals surface area contributed by atoms with Crippen LogP contribution in [0.15, 0.2) is 54.6 Å². The SMILES string of the molecule is CN1C(=O)[C@@H](CO)[C@H](N(C)Cc2ccccc2)c2ccccc21. The lowest BCUT2D eigenvalue weighted by molar-refractivity contribution is -0.126. The molecule has 4 heteroatoms. The van der Waals surface area contributed by atoms with Gasteiger partial charge in [0.25, 0.3) is 0 Å². The molecule has 3 rings (SSSR count). The molecule has 23 heavy (non-hydrogen) atoms. The fraction of sp³-hybridized carbons (Fsp3) is 0.316.